The predicted molar refractivity (Wildman–Crippen MR) is 264 cm³/mol. The van der Waals surface area contributed by atoms with Crippen molar-refractivity contribution in [2.75, 3.05) is 79.7 Å². The van der Waals surface area contributed by atoms with E-state index in [1.165, 1.54) is 14.2 Å². The van der Waals surface area contributed by atoms with Crippen LogP contribution in [-0.2, 0) is 57.4 Å². The highest BCUT2D eigenvalue weighted by atomic mass is 16.5. The summed E-state index contributed by atoms with van der Waals surface area (Å²) in [5.41, 5.74) is 20.9. The number of nitrogens with zero attached hydrogens (tertiary/aromatic N) is 2. The summed E-state index contributed by atoms with van der Waals surface area (Å²) in [5, 5.41) is 15.6. The van der Waals surface area contributed by atoms with E-state index in [2.05, 4.69) is 41.4 Å². The van der Waals surface area contributed by atoms with Crippen molar-refractivity contribution in [1.82, 2.24) is 41.7 Å². The molecule has 12 amide bonds. The Morgan fingerprint density at radius 3 is 0.778 bits per heavy atom. The molecule has 0 rings (SSSR count). The van der Waals surface area contributed by atoms with Crippen LogP contribution in [0.15, 0.2) is 0 Å². The summed E-state index contributed by atoms with van der Waals surface area (Å²) in [5.74, 6) is -5.11. The minimum atomic E-state index is -0.693. The molecule has 0 radical (unpaired) electrons. The van der Waals surface area contributed by atoms with E-state index < -0.39 is 47.6 Å². The Morgan fingerprint density at radius 1 is 0.361 bits per heavy atom. The van der Waals surface area contributed by atoms with Gasteiger partial charge < -0.3 is 74.1 Å². The first-order valence-corrected chi connectivity index (χ1v) is 24.4. The molecule has 0 heterocycles. The Labute approximate surface area is 423 Å². The Hall–Kier alpha value is -6.76. The number of unbranched alkanes of at least 4 members (excludes halogenated alkanes) is 4. The van der Waals surface area contributed by atoms with Crippen molar-refractivity contribution in [2.24, 2.45) is 46.6 Å². The number of primary amides is 4. The van der Waals surface area contributed by atoms with Crippen LogP contribution in [0.25, 0.3) is 0 Å². The molecule has 0 bridgehead atoms. The Morgan fingerprint density at radius 2 is 0.583 bits per heavy atom. The molecule has 4 atom stereocenters. The highest BCUT2D eigenvalue weighted by Gasteiger charge is 2.22. The third-order valence-electron chi connectivity index (χ3n) is 11.1. The van der Waals surface area contributed by atoms with Crippen LogP contribution in [0.1, 0.15) is 118 Å². The lowest BCUT2D eigenvalue weighted by atomic mass is 10.0. The minimum Gasteiger partial charge on any atom is -0.453 e. The number of ether oxygens (including phenoxy) is 2. The molecule has 0 saturated heterocycles. The van der Waals surface area contributed by atoms with Crippen LogP contribution in [-0.4, -0.2) is 161 Å². The van der Waals surface area contributed by atoms with Gasteiger partial charge in [0.15, 0.2) is 0 Å². The van der Waals surface area contributed by atoms with Crippen molar-refractivity contribution in [3.05, 3.63) is 0 Å². The number of hydrogen-bond donors (Lipinski definition) is 10. The van der Waals surface area contributed by atoms with Gasteiger partial charge in [0.05, 0.1) is 14.2 Å². The number of amides is 12. The lowest BCUT2D eigenvalue weighted by Crippen LogP contribution is -2.46. The summed E-state index contributed by atoms with van der Waals surface area (Å²) < 4.78 is 8.90. The summed E-state index contributed by atoms with van der Waals surface area (Å²) in [6, 6.07) is 0. The first-order chi connectivity index (χ1) is 33.9. The topological polar surface area (TPSA) is 406 Å². The van der Waals surface area contributed by atoms with E-state index in [9.17, 15) is 57.5 Å². The van der Waals surface area contributed by atoms with Crippen LogP contribution in [0.4, 0.5) is 9.59 Å². The predicted octanol–water partition coefficient (Wildman–Crippen LogP) is -1.25. The lowest BCUT2D eigenvalue weighted by Gasteiger charge is -2.22. The van der Waals surface area contributed by atoms with E-state index in [0.717, 1.165) is 9.80 Å². The number of carbonyl (C=O) groups is 12. The van der Waals surface area contributed by atoms with Crippen LogP contribution in [0.5, 0.6) is 0 Å². The molecule has 0 aliphatic rings. The van der Waals surface area contributed by atoms with Crippen molar-refractivity contribution in [2.45, 2.75) is 118 Å². The van der Waals surface area contributed by atoms with E-state index in [0.29, 0.717) is 103 Å². The van der Waals surface area contributed by atoms with Crippen LogP contribution in [0.3, 0.4) is 0 Å². The van der Waals surface area contributed by atoms with Crippen LogP contribution in [0.2, 0.25) is 0 Å². The first-order valence-electron chi connectivity index (χ1n) is 24.4. The van der Waals surface area contributed by atoms with Crippen molar-refractivity contribution in [3.8, 4) is 0 Å². The van der Waals surface area contributed by atoms with Gasteiger partial charge in [0.2, 0.25) is 59.1 Å². The molecule has 0 aliphatic heterocycles. The standard InChI is InChI=1S/2C23H42N6O7/c2*1-16(21(24)33)8-4-6-11-26-18(30)14-29(20(32)10-13-28-23(35)36-3)15-19(31)27-12-7-5-9-17(2)22(25)34/h2*16-17H,4-15H2,1-3H3,(H2,24,33)(H2,25,34)(H,26,30)(H,27,31)(H,28,35). The molecule has 0 saturated carbocycles. The van der Waals surface area contributed by atoms with Gasteiger partial charge in [0.25, 0.3) is 0 Å². The Bertz CT molecular complexity index is 1530. The maximum atomic E-state index is 12.6. The molecule has 72 heavy (non-hydrogen) atoms. The second-order valence-corrected chi connectivity index (χ2v) is 17.4. The van der Waals surface area contributed by atoms with Gasteiger partial charge in [-0.15, -0.1) is 0 Å². The van der Waals surface area contributed by atoms with Gasteiger partial charge in [0.1, 0.15) is 26.2 Å². The zero-order valence-electron chi connectivity index (χ0n) is 43.2. The van der Waals surface area contributed by atoms with E-state index in [-0.39, 0.29) is 99.4 Å². The van der Waals surface area contributed by atoms with Crippen molar-refractivity contribution < 1.29 is 67.0 Å². The average molecular weight is 1030 g/mol. The molecule has 0 fully saturated rings. The quantitative estimate of drug-likeness (QED) is 0.0324. The molecule has 0 aromatic heterocycles. The van der Waals surface area contributed by atoms with E-state index in [4.69, 9.17) is 22.9 Å². The van der Waals surface area contributed by atoms with Crippen LogP contribution in [0, 0.1) is 23.7 Å². The van der Waals surface area contributed by atoms with Crippen LogP contribution < -0.4 is 54.8 Å². The molecule has 14 N–H and O–H groups in total. The summed E-state index contributed by atoms with van der Waals surface area (Å²) in [6.07, 6.45) is 6.18. The highest BCUT2D eigenvalue weighted by Crippen LogP contribution is 2.09. The fraction of sp³-hybridized carbons (Fsp3) is 0.739. The molecule has 0 aromatic rings. The van der Waals surface area contributed by atoms with Gasteiger partial charge in [-0.05, 0) is 51.4 Å². The second kappa shape index (κ2) is 40.9. The minimum absolute atomic E-state index is 0.0126. The number of carbonyl (C=O) groups excluding carboxylic acids is 12. The SMILES string of the molecule is COC(=O)NCCC(=O)N(CC(=O)NCCCCC(C)C(N)=O)CC(=O)NCCCCC(C)C(N)=O.COC(=O)NCCC(=O)N(CC(=O)NCCCCC(C)C(N)=O)CC(=O)NCCCCC(C)C(N)=O. The van der Waals surface area contributed by atoms with Crippen molar-refractivity contribution >= 4 is 71.3 Å². The van der Waals surface area contributed by atoms with Gasteiger partial charge in [-0.25, -0.2) is 9.59 Å². The molecule has 0 aliphatic carbocycles. The summed E-state index contributed by atoms with van der Waals surface area (Å²) in [7, 11) is 2.39. The molecular weight excluding hydrogens is 945 g/mol. The second-order valence-electron chi connectivity index (χ2n) is 17.4. The number of rotatable bonds is 38. The monoisotopic (exact) mass is 1030 g/mol. The maximum Gasteiger partial charge on any atom is 0.406 e. The third-order valence-corrected chi connectivity index (χ3v) is 11.1. The molecule has 26 nitrogen and oxygen atoms in total. The van der Waals surface area contributed by atoms with E-state index in [1.807, 2.05) is 0 Å². The zero-order chi connectivity index (χ0) is 55.0. The molecular formula is C46H84N12O14. The summed E-state index contributed by atoms with van der Waals surface area (Å²) in [6.45, 7) is 7.07. The molecule has 26 heteroatoms. The van der Waals surface area contributed by atoms with Gasteiger partial charge in [-0.2, -0.15) is 0 Å². The fourth-order valence-electron chi connectivity index (χ4n) is 6.17. The third kappa shape index (κ3) is 37.1. The molecule has 0 aromatic carbocycles. The van der Waals surface area contributed by atoms with Crippen LogP contribution >= 0.6 is 0 Å². The largest absolute Gasteiger partial charge is 0.453 e. The van der Waals surface area contributed by atoms with Crippen molar-refractivity contribution in [3.63, 3.8) is 0 Å². The molecule has 412 valence electrons. The number of nitrogens with one attached hydrogen (secondary N) is 6. The van der Waals surface area contributed by atoms with Gasteiger partial charge in [-0.1, -0.05) is 53.4 Å². The lowest BCUT2D eigenvalue weighted by molar-refractivity contribution is -0.139. The van der Waals surface area contributed by atoms with Gasteiger partial charge in [-0.3, -0.25) is 47.9 Å². The molecule has 4 unspecified atom stereocenters. The number of alkyl carbamates (subject to hydrolysis) is 2. The maximum absolute atomic E-state index is 12.6. The zero-order valence-corrected chi connectivity index (χ0v) is 43.2. The number of methoxy groups -OCH3 is 2. The average Bonchev–Trinajstić information content (AvgIpc) is 3.32. The van der Waals surface area contributed by atoms with E-state index >= 15 is 0 Å². The summed E-state index contributed by atoms with van der Waals surface area (Å²) in [4.78, 5) is 143. The Kier molecular flexibility index (Phi) is 38.3. The van der Waals surface area contributed by atoms with E-state index in [1.54, 1.807) is 27.7 Å². The normalized spacial score (nSPS) is 12.1. The summed E-state index contributed by atoms with van der Waals surface area (Å²) >= 11 is 0. The first kappa shape index (κ1) is 67.3. The smallest absolute Gasteiger partial charge is 0.406 e. The number of nitrogens with two attached hydrogens (primary N) is 4. The number of hydrogen-bond acceptors (Lipinski definition) is 14. The van der Waals surface area contributed by atoms with Crippen molar-refractivity contribution in [1.29, 1.82) is 0 Å². The van der Waals surface area contributed by atoms with Gasteiger partial charge in [0, 0.05) is 75.8 Å². The Balaban J connectivity index is 0. The van der Waals surface area contributed by atoms with Gasteiger partial charge >= 0.3 is 12.2 Å². The molecule has 0 spiro atoms. The highest BCUT2D eigenvalue weighted by molar-refractivity contribution is 5.90. The fourth-order valence-corrected chi connectivity index (χ4v) is 6.17.